The van der Waals surface area contributed by atoms with Gasteiger partial charge in [0, 0.05) is 0 Å². The molecule has 0 amide bonds. The van der Waals surface area contributed by atoms with Crippen LogP contribution in [0.2, 0.25) is 0 Å². The molecular weight excluding hydrogens is 248 g/mol. The van der Waals surface area contributed by atoms with E-state index >= 15 is 0 Å². The van der Waals surface area contributed by atoms with E-state index in [1.54, 1.807) is 0 Å². The van der Waals surface area contributed by atoms with Crippen LogP contribution in [0.1, 0.15) is 73.1 Å². The lowest BCUT2D eigenvalue weighted by molar-refractivity contribution is -0.225. The molecule has 4 aliphatic carbocycles. The quantitative estimate of drug-likeness (QED) is 0.709. The van der Waals surface area contributed by atoms with Gasteiger partial charge in [-0.2, -0.15) is 0 Å². The highest BCUT2D eigenvalue weighted by molar-refractivity contribution is 5.14. The average molecular weight is 280 g/mol. The molecule has 0 aromatic rings. The first-order valence-electron chi connectivity index (χ1n) is 8.33. The summed E-state index contributed by atoms with van der Waals surface area (Å²) in [6.45, 7) is 11.6. The van der Waals surface area contributed by atoms with Crippen molar-refractivity contribution in [3.63, 3.8) is 0 Å². The van der Waals surface area contributed by atoms with E-state index < -0.39 is 0 Å². The monoisotopic (exact) mass is 280 g/mol. The normalized spacial score (nSPS) is 53.2. The summed E-state index contributed by atoms with van der Waals surface area (Å²) in [5, 5.41) is 21.2. The van der Waals surface area contributed by atoms with Crippen LogP contribution in [0.4, 0.5) is 0 Å². The van der Waals surface area contributed by atoms with Crippen molar-refractivity contribution in [2.45, 2.75) is 85.4 Å². The molecule has 2 nitrogen and oxygen atoms in total. The number of rotatable bonds is 0. The SMILES string of the molecule is CC1(C)C[C@@H](O)C[C@]2(C1)C[C@]1(C)C[C@H](O)[C@H]2C(C)(C)C1. The molecule has 2 heteroatoms. The molecule has 2 bridgehead atoms. The lowest BCUT2D eigenvalue weighted by atomic mass is 9.38. The van der Waals surface area contributed by atoms with Crippen molar-refractivity contribution in [3.05, 3.63) is 0 Å². The third kappa shape index (κ3) is 2.14. The van der Waals surface area contributed by atoms with E-state index in [9.17, 15) is 10.2 Å². The third-order valence-corrected chi connectivity index (χ3v) is 6.51. The lowest BCUT2D eigenvalue weighted by Crippen LogP contribution is -2.63. The molecule has 4 aliphatic rings. The summed E-state index contributed by atoms with van der Waals surface area (Å²) >= 11 is 0. The first-order valence-corrected chi connectivity index (χ1v) is 8.33. The molecule has 5 atom stereocenters. The van der Waals surface area contributed by atoms with Crippen LogP contribution in [0.25, 0.3) is 0 Å². The minimum absolute atomic E-state index is 0.148. The lowest BCUT2D eigenvalue weighted by Gasteiger charge is -2.68. The number of hydrogen-bond donors (Lipinski definition) is 2. The second-order valence-corrected chi connectivity index (χ2v) is 10.2. The van der Waals surface area contributed by atoms with E-state index in [2.05, 4.69) is 34.6 Å². The first kappa shape index (κ1) is 14.8. The number of fused-ring (bicyclic) bond motifs is 2. The molecule has 116 valence electrons. The van der Waals surface area contributed by atoms with Gasteiger partial charge in [-0.1, -0.05) is 34.6 Å². The minimum atomic E-state index is -0.190. The van der Waals surface area contributed by atoms with Gasteiger partial charge in [-0.05, 0) is 66.1 Å². The van der Waals surface area contributed by atoms with E-state index in [1.807, 2.05) is 0 Å². The van der Waals surface area contributed by atoms with Crippen molar-refractivity contribution in [1.82, 2.24) is 0 Å². The molecular formula is C18H32O2. The fourth-order valence-electron chi connectivity index (χ4n) is 7.41. The van der Waals surface area contributed by atoms with Crippen molar-refractivity contribution >= 4 is 0 Å². The van der Waals surface area contributed by atoms with Gasteiger partial charge < -0.3 is 10.2 Å². The van der Waals surface area contributed by atoms with Gasteiger partial charge in [0.2, 0.25) is 0 Å². The zero-order valence-electron chi connectivity index (χ0n) is 13.9. The van der Waals surface area contributed by atoms with Gasteiger partial charge in [-0.3, -0.25) is 0 Å². The molecule has 0 saturated heterocycles. The molecule has 0 unspecified atom stereocenters. The Kier molecular flexibility index (Phi) is 2.98. The van der Waals surface area contributed by atoms with Crippen molar-refractivity contribution in [2.75, 3.05) is 0 Å². The van der Waals surface area contributed by atoms with Crippen LogP contribution in [0.3, 0.4) is 0 Å². The molecule has 4 saturated carbocycles. The van der Waals surface area contributed by atoms with Crippen molar-refractivity contribution in [1.29, 1.82) is 0 Å². The fourth-order valence-corrected chi connectivity index (χ4v) is 7.41. The Hall–Kier alpha value is -0.0800. The zero-order chi connectivity index (χ0) is 15.0. The Morgan fingerprint density at radius 3 is 1.95 bits per heavy atom. The molecule has 4 rings (SSSR count). The van der Waals surface area contributed by atoms with Gasteiger partial charge in [0.05, 0.1) is 12.2 Å². The van der Waals surface area contributed by atoms with Gasteiger partial charge in [0.1, 0.15) is 0 Å². The van der Waals surface area contributed by atoms with Crippen molar-refractivity contribution in [2.24, 2.45) is 27.6 Å². The highest BCUT2D eigenvalue weighted by atomic mass is 16.3. The van der Waals surface area contributed by atoms with Gasteiger partial charge in [-0.25, -0.2) is 0 Å². The summed E-state index contributed by atoms with van der Waals surface area (Å²) in [5.41, 5.74) is 0.791. The largest absolute Gasteiger partial charge is 0.393 e. The van der Waals surface area contributed by atoms with Crippen LogP contribution < -0.4 is 0 Å². The van der Waals surface area contributed by atoms with Crippen LogP contribution in [0.5, 0.6) is 0 Å². The minimum Gasteiger partial charge on any atom is -0.393 e. The predicted octanol–water partition coefficient (Wildman–Crippen LogP) is 3.75. The first-order chi connectivity index (χ1) is 8.97. The van der Waals surface area contributed by atoms with Crippen LogP contribution in [0.15, 0.2) is 0 Å². The molecule has 0 heterocycles. The van der Waals surface area contributed by atoms with Gasteiger partial charge in [0.15, 0.2) is 0 Å². The average Bonchev–Trinajstić information content (AvgIpc) is 2.04. The number of aliphatic hydroxyl groups excluding tert-OH is 2. The number of aliphatic hydroxyl groups is 2. The second kappa shape index (κ2) is 4.01. The van der Waals surface area contributed by atoms with Crippen LogP contribution >= 0.6 is 0 Å². The van der Waals surface area contributed by atoms with Gasteiger partial charge in [-0.15, -0.1) is 0 Å². The van der Waals surface area contributed by atoms with Crippen LogP contribution in [-0.2, 0) is 0 Å². The van der Waals surface area contributed by atoms with Crippen molar-refractivity contribution in [3.8, 4) is 0 Å². The Morgan fingerprint density at radius 2 is 1.45 bits per heavy atom. The molecule has 4 fully saturated rings. The Balaban J connectivity index is 2.04. The Labute approximate surface area is 124 Å². The summed E-state index contributed by atoms with van der Waals surface area (Å²) in [6, 6.07) is 0. The van der Waals surface area contributed by atoms with E-state index in [0.29, 0.717) is 5.92 Å². The second-order valence-electron chi connectivity index (χ2n) is 10.2. The molecule has 0 aliphatic heterocycles. The predicted molar refractivity (Wildman–Crippen MR) is 81.3 cm³/mol. The van der Waals surface area contributed by atoms with E-state index in [1.165, 1.54) is 12.8 Å². The van der Waals surface area contributed by atoms with Gasteiger partial charge >= 0.3 is 0 Å². The third-order valence-electron chi connectivity index (χ3n) is 6.51. The summed E-state index contributed by atoms with van der Waals surface area (Å²) in [6.07, 6.45) is 5.98. The van der Waals surface area contributed by atoms with E-state index in [4.69, 9.17) is 0 Å². The number of hydrogen-bond acceptors (Lipinski definition) is 2. The maximum atomic E-state index is 10.8. The highest BCUT2D eigenvalue weighted by Gasteiger charge is 2.64. The van der Waals surface area contributed by atoms with E-state index in [0.717, 1.165) is 25.7 Å². The smallest absolute Gasteiger partial charge is 0.0584 e. The maximum Gasteiger partial charge on any atom is 0.0584 e. The maximum absolute atomic E-state index is 10.8. The molecule has 0 radical (unpaired) electrons. The fraction of sp³-hybridized carbons (Fsp3) is 1.00. The molecule has 1 spiro atoms. The molecule has 2 N–H and O–H groups in total. The van der Waals surface area contributed by atoms with Crippen molar-refractivity contribution < 1.29 is 10.2 Å². The summed E-state index contributed by atoms with van der Waals surface area (Å²) in [7, 11) is 0. The summed E-state index contributed by atoms with van der Waals surface area (Å²) < 4.78 is 0. The molecule has 0 aromatic carbocycles. The highest BCUT2D eigenvalue weighted by Crippen LogP contribution is 2.70. The van der Waals surface area contributed by atoms with Crippen LogP contribution in [-0.4, -0.2) is 22.4 Å². The summed E-state index contributed by atoms with van der Waals surface area (Å²) in [5.74, 6) is 0.353. The topological polar surface area (TPSA) is 40.5 Å². The van der Waals surface area contributed by atoms with E-state index in [-0.39, 0.29) is 33.9 Å². The Morgan fingerprint density at radius 1 is 0.800 bits per heavy atom. The summed E-state index contributed by atoms with van der Waals surface area (Å²) in [4.78, 5) is 0. The Bertz CT molecular complexity index is 407. The molecule has 20 heavy (non-hydrogen) atoms. The zero-order valence-corrected chi connectivity index (χ0v) is 13.9. The van der Waals surface area contributed by atoms with Crippen LogP contribution in [0, 0.1) is 27.6 Å². The molecule has 0 aromatic heterocycles. The van der Waals surface area contributed by atoms with Gasteiger partial charge in [0.25, 0.3) is 0 Å². The standard InChI is InChI=1S/C18H32O2/c1-15(2)6-12(19)7-18(9-15)11-17(5)8-13(20)14(18)16(3,4)10-17/h12-14,19-20H,6-11H2,1-5H3/t12-,13+,14+,17-,18+/m1/s1.